The molecule has 2 aromatic carbocycles. The van der Waals surface area contributed by atoms with Crippen molar-refractivity contribution in [3.8, 4) is 33.6 Å². The van der Waals surface area contributed by atoms with E-state index in [2.05, 4.69) is 58.5 Å². The number of imidazole rings is 2. The molecule has 10 heteroatoms. The zero-order valence-electron chi connectivity index (χ0n) is 30.1. The van der Waals surface area contributed by atoms with Crippen LogP contribution in [-0.4, -0.2) is 77.1 Å². The first-order chi connectivity index (χ1) is 25.4. The molecule has 4 aromatic rings. The van der Waals surface area contributed by atoms with Gasteiger partial charge in [0.2, 0.25) is 0 Å². The van der Waals surface area contributed by atoms with Crippen molar-refractivity contribution in [1.29, 1.82) is 0 Å². The van der Waals surface area contributed by atoms with E-state index in [1.165, 1.54) is 12.8 Å². The van der Waals surface area contributed by atoms with Crippen LogP contribution in [-0.2, 0) is 9.59 Å². The number of likely N-dealkylation sites (tertiary alicyclic amines) is 2. The van der Waals surface area contributed by atoms with Gasteiger partial charge in [-0.15, -0.1) is 0 Å². The van der Waals surface area contributed by atoms with Gasteiger partial charge in [-0.1, -0.05) is 87.1 Å². The predicted octanol–water partition coefficient (Wildman–Crippen LogP) is 7.34. The Hall–Kier alpha value is -4.28. The van der Waals surface area contributed by atoms with E-state index in [0.717, 1.165) is 122 Å². The number of benzene rings is 2. The van der Waals surface area contributed by atoms with Gasteiger partial charge in [0.25, 0.3) is 11.8 Å². The average molecular weight is 705 g/mol. The SMILES string of the molecule is O=C(C(O)C1CCCCC1)N1CCC[C@H]1c1ncc(-c2ccc(-c3ccc(-c4cnc([C@@H]5CCCN5C(=O)C(O)C5CCCCC5)[nH]4)cc3)cc2)[nH]1. The molecule has 2 saturated heterocycles. The normalized spacial score (nSPS) is 22.9. The molecule has 2 aromatic heterocycles. The molecule has 2 amide bonds. The molecule has 2 unspecified atom stereocenters. The molecule has 2 aliphatic carbocycles. The second-order valence-electron chi connectivity index (χ2n) is 15.6. The number of nitrogens with zero attached hydrogens (tertiary/aromatic N) is 4. The van der Waals surface area contributed by atoms with Gasteiger partial charge in [0, 0.05) is 13.1 Å². The topological polar surface area (TPSA) is 138 Å². The predicted molar refractivity (Wildman–Crippen MR) is 200 cm³/mol. The quantitative estimate of drug-likeness (QED) is 0.144. The van der Waals surface area contributed by atoms with Gasteiger partial charge in [0.05, 0.1) is 35.9 Å². The Morgan fingerprint density at radius 2 is 0.904 bits per heavy atom. The van der Waals surface area contributed by atoms with E-state index < -0.39 is 12.2 Å². The summed E-state index contributed by atoms with van der Waals surface area (Å²) in [7, 11) is 0. The number of hydrogen-bond acceptors (Lipinski definition) is 6. The zero-order chi connectivity index (χ0) is 35.6. The van der Waals surface area contributed by atoms with Gasteiger partial charge in [0.15, 0.2) is 0 Å². The van der Waals surface area contributed by atoms with E-state index in [-0.39, 0.29) is 35.7 Å². The summed E-state index contributed by atoms with van der Waals surface area (Å²) >= 11 is 0. The Bertz CT molecular complexity index is 1690. The standard InChI is InChI=1S/C42H52N6O4/c49-37(31-9-3-1-4-10-31)41(51)47-23-7-13-35(47)39-43-25-33(45-39)29-19-15-27(16-20-29)28-17-21-30(22-18-28)34-26-44-40(46-34)36-14-8-24-48(36)42(52)38(50)32-11-5-2-6-12-32/h15-22,25-26,31-32,35-38,49-50H,1-14,23-24H2,(H,43,45)(H,44,46)/t35-,36-,37?,38?/m0/s1. The summed E-state index contributed by atoms with van der Waals surface area (Å²) in [4.78, 5) is 46.7. The van der Waals surface area contributed by atoms with Crippen molar-refractivity contribution < 1.29 is 19.8 Å². The summed E-state index contributed by atoms with van der Waals surface area (Å²) < 4.78 is 0. The number of aliphatic hydroxyl groups excluding tert-OH is 2. The number of rotatable bonds is 9. The van der Waals surface area contributed by atoms with Crippen molar-refractivity contribution in [2.24, 2.45) is 11.8 Å². The van der Waals surface area contributed by atoms with Gasteiger partial charge in [0.1, 0.15) is 23.9 Å². The zero-order valence-corrected chi connectivity index (χ0v) is 30.1. The van der Waals surface area contributed by atoms with Crippen molar-refractivity contribution in [2.45, 2.75) is 114 Å². The fraction of sp³-hybridized carbons (Fsp3) is 0.524. The summed E-state index contributed by atoms with van der Waals surface area (Å²) in [6.45, 7) is 1.31. The molecule has 10 nitrogen and oxygen atoms in total. The monoisotopic (exact) mass is 704 g/mol. The summed E-state index contributed by atoms with van der Waals surface area (Å²) in [6.07, 6.45) is 15.8. The first-order valence-corrected chi connectivity index (χ1v) is 19.7. The Labute approximate surface area is 306 Å². The lowest BCUT2D eigenvalue weighted by Crippen LogP contribution is -2.43. The maximum Gasteiger partial charge on any atom is 0.252 e. The van der Waals surface area contributed by atoms with Crippen molar-refractivity contribution in [2.75, 3.05) is 13.1 Å². The summed E-state index contributed by atoms with van der Waals surface area (Å²) in [5.74, 6) is 1.41. The molecule has 4 fully saturated rings. The van der Waals surface area contributed by atoms with E-state index in [4.69, 9.17) is 9.97 Å². The Balaban J connectivity index is 0.902. The van der Waals surface area contributed by atoms with Crippen molar-refractivity contribution in [1.82, 2.24) is 29.7 Å². The van der Waals surface area contributed by atoms with Crippen LogP contribution in [0.2, 0.25) is 0 Å². The smallest absolute Gasteiger partial charge is 0.252 e. The molecular formula is C42H52N6O4. The fourth-order valence-corrected chi connectivity index (χ4v) is 9.26. The number of aliphatic hydroxyl groups is 2. The van der Waals surface area contributed by atoms with Crippen LogP contribution in [0, 0.1) is 11.8 Å². The second kappa shape index (κ2) is 15.4. The average Bonchev–Trinajstić information content (AvgIpc) is 4.04. The minimum absolute atomic E-state index is 0.0701. The van der Waals surface area contributed by atoms with Gasteiger partial charge in [-0.05, 0) is 85.5 Å². The van der Waals surface area contributed by atoms with Crippen LogP contribution in [0.15, 0.2) is 60.9 Å². The van der Waals surface area contributed by atoms with E-state index in [9.17, 15) is 19.8 Å². The van der Waals surface area contributed by atoms with E-state index in [1.807, 2.05) is 22.2 Å². The first-order valence-electron chi connectivity index (χ1n) is 19.7. The van der Waals surface area contributed by atoms with E-state index in [1.54, 1.807) is 0 Å². The van der Waals surface area contributed by atoms with Crippen LogP contribution in [0.1, 0.15) is 114 Å². The van der Waals surface area contributed by atoms with Crippen LogP contribution >= 0.6 is 0 Å². The van der Waals surface area contributed by atoms with Gasteiger partial charge in [-0.25, -0.2) is 9.97 Å². The summed E-state index contributed by atoms with van der Waals surface area (Å²) in [6, 6.07) is 16.5. The fourth-order valence-electron chi connectivity index (χ4n) is 9.26. The molecule has 8 rings (SSSR count). The molecule has 4 heterocycles. The van der Waals surface area contributed by atoms with Crippen LogP contribution in [0.4, 0.5) is 0 Å². The number of aromatic amines is 2. The van der Waals surface area contributed by atoms with Crippen molar-refractivity contribution in [3.05, 3.63) is 72.6 Å². The molecule has 0 spiro atoms. The lowest BCUT2D eigenvalue weighted by Gasteiger charge is -2.31. The molecular weight excluding hydrogens is 652 g/mol. The van der Waals surface area contributed by atoms with Gasteiger partial charge in [-0.3, -0.25) is 9.59 Å². The summed E-state index contributed by atoms with van der Waals surface area (Å²) in [5, 5.41) is 21.8. The van der Waals surface area contributed by atoms with Crippen molar-refractivity contribution >= 4 is 11.8 Å². The van der Waals surface area contributed by atoms with Crippen molar-refractivity contribution in [3.63, 3.8) is 0 Å². The van der Waals surface area contributed by atoms with Crippen LogP contribution < -0.4 is 0 Å². The van der Waals surface area contributed by atoms with Gasteiger partial charge >= 0.3 is 0 Å². The Morgan fingerprint density at radius 1 is 0.538 bits per heavy atom. The van der Waals surface area contributed by atoms with E-state index in [0.29, 0.717) is 13.1 Å². The number of H-pyrrole nitrogens is 2. The second-order valence-corrected chi connectivity index (χ2v) is 15.6. The number of amides is 2. The molecule has 52 heavy (non-hydrogen) atoms. The number of carbonyl (C=O) groups is 2. The molecule has 2 aliphatic heterocycles. The number of aromatic nitrogens is 4. The third kappa shape index (κ3) is 7.07. The lowest BCUT2D eigenvalue weighted by atomic mass is 9.85. The Kier molecular flexibility index (Phi) is 10.3. The van der Waals surface area contributed by atoms with E-state index >= 15 is 0 Å². The minimum Gasteiger partial charge on any atom is -0.383 e. The molecule has 4 aliphatic rings. The summed E-state index contributed by atoms with van der Waals surface area (Å²) in [5.41, 5.74) is 6.05. The minimum atomic E-state index is -0.917. The van der Waals surface area contributed by atoms with Gasteiger partial charge in [-0.2, -0.15) is 0 Å². The first kappa shape index (κ1) is 34.8. The Morgan fingerprint density at radius 3 is 1.29 bits per heavy atom. The lowest BCUT2D eigenvalue weighted by molar-refractivity contribution is -0.145. The van der Waals surface area contributed by atoms with Crippen LogP contribution in [0.25, 0.3) is 33.6 Å². The highest BCUT2D eigenvalue weighted by molar-refractivity contribution is 5.82. The number of nitrogens with one attached hydrogen (secondary N) is 2. The van der Waals surface area contributed by atoms with Crippen LogP contribution in [0.5, 0.6) is 0 Å². The molecule has 0 radical (unpaired) electrons. The highest BCUT2D eigenvalue weighted by Gasteiger charge is 2.39. The molecule has 4 atom stereocenters. The maximum atomic E-state index is 13.3. The number of hydrogen-bond donors (Lipinski definition) is 4. The number of carbonyl (C=O) groups excluding carboxylic acids is 2. The molecule has 274 valence electrons. The highest BCUT2D eigenvalue weighted by Crippen LogP contribution is 2.37. The third-order valence-corrected chi connectivity index (χ3v) is 12.3. The maximum absolute atomic E-state index is 13.3. The molecule has 0 bridgehead atoms. The molecule has 2 saturated carbocycles. The van der Waals surface area contributed by atoms with Gasteiger partial charge < -0.3 is 30.0 Å². The van der Waals surface area contributed by atoms with Crippen LogP contribution in [0.3, 0.4) is 0 Å². The largest absolute Gasteiger partial charge is 0.383 e. The third-order valence-electron chi connectivity index (χ3n) is 12.3. The molecule has 4 N–H and O–H groups in total. The highest BCUT2D eigenvalue weighted by atomic mass is 16.3.